The molecule has 30 heteroatoms. The van der Waals surface area contributed by atoms with Crippen LogP contribution >= 0.6 is 34.8 Å². The van der Waals surface area contributed by atoms with Crippen LogP contribution in [0.1, 0.15) is 242 Å². The molecule has 738 valence electrons. The lowest BCUT2D eigenvalue weighted by atomic mass is 9.63. The molecule has 24 nitrogen and oxygen atoms in total. The standard InChI is InChI=1S/3C35H48ClN3O5S/c3*1-22-15-28(38(4)5)18-34(3,41)29-11-8-26(29)19-39-20-35(14-6-7-24-16-27(36)10-12-30(24)35)21-44-32-13-9-25(17-31(32)39)33(40)37-45(42,43)23(22)2/h3*9-10,12-13,16-17,22-23,26,28-29,41H,6-8,11,14-15,18-21H2,1-5H3,(H,37,40)/t22-,23+,26-,28+,29+,34+,35-;22-,23+,26-,28-,29+,34+,35-;22-,23+,26-,28-,29+,34-,35-/m000/s1. The van der Waals surface area contributed by atoms with E-state index in [0.717, 1.165) is 128 Å². The Morgan fingerprint density at radius 1 is 0.378 bits per heavy atom. The summed E-state index contributed by atoms with van der Waals surface area (Å²) in [4.78, 5) is 53.9. The van der Waals surface area contributed by atoms with Gasteiger partial charge in [-0.1, -0.05) is 73.8 Å². The van der Waals surface area contributed by atoms with Gasteiger partial charge in [0.05, 0.1) is 69.4 Å². The molecule has 6 bridgehead atoms. The molecule has 6 aliphatic heterocycles. The van der Waals surface area contributed by atoms with Crippen LogP contribution < -0.4 is 43.1 Å². The minimum Gasteiger partial charge on any atom is -0.490 e. The van der Waals surface area contributed by atoms with Gasteiger partial charge in [-0.3, -0.25) is 14.4 Å². The monoisotopic (exact) mass is 1970 g/mol. The van der Waals surface area contributed by atoms with Gasteiger partial charge in [0.15, 0.2) is 0 Å². The molecule has 0 aromatic heterocycles. The number of carbonyl (C=O) groups excluding carboxylic acids is 3. The fourth-order valence-electron chi connectivity index (χ4n) is 25.4. The van der Waals surface area contributed by atoms with E-state index >= 15 is 0 Å². The molecule has 3 spiro atoms. The summed E-state index contributed by atoms with van der Waals surface area (Å²) in [7, 11) is 0.0677. The van der Waals surface area contributed by atoms with Gasteiger partial charge in [0.2, 0.25) is 30.1 Å². The molecule has 0 radical (unpaired) electrons. The molecule has 18 rings (SSSR count). The fraction of sp³-hybridized carbons (Fsp3) is 0.629. The van der Waals surface area contributed by atoms with Crippen molar-refractivity contribution >= 4 is 99.7 Å². The van der Waals surface area contributed by atoms with Crippen molar-refractivity contribution in [1.29, 1.82) is 0 Å². The van der Waals surface area contributed by atoms with Gasteiger partial charge < -0.3 is 58.9 Å². The van der Waals surface area contributed by atoms with Crippen molar-refractivity contribution in [3.8, 4) is 17.2 Å². The predicted molar refractivity (Wildman–Crippen MR) is 536 cm³/mol. The Labute approximate surface area is 816 Å². The molecule has 3 saturated carbocycles. The number of fused-ring (bicyclic) bond motifs is 12. The van der Waals surface area contributed by atoms with Crippen molar-refractivity contribution in [2.75, 3.05) is 116 Å². The predicted octanol–water partition coefficient (Wildman–Crippen LogP) is 16.2. The van der Waals surface area contributed by atoms with Crippen LogP contribution in [0.3, 0.4) is 0 Å². The summed E-state index contributed by atoms with van der Waals surface area (Å²) in [6, 6.07) is 34.3. The number of hydrogen-bond donors (Lipinski definition) is 6. The smallest absolute Gasteiger partial charge is 0.264 e. The number of halogens is 3. The normalized spacial score (nSPS) is 35.0. The molecule has 0 unspecified atom stereocenters. The van der Waals surface area contributed by atoms with Crippen LogP contribution in [0.2, 0.25) is 15.1 Å². The lowest BCUT2D eigenvalue weighted by Gasteiger charge is -2.50. The molecular weight excluding hydrogens is 1830 g/mol. The summed E-state index contributed by atoms with van der Waals surface area (Å²) < 4.78 is 108. The van der Waals surface area contributed by atoms with Crippen LogP contribution in [-0.2, 0) is 65.6 Å². The SMILES string of the molecule is C[C@@H]1[C@@H](C)C[C@@H](N(C)C)C[C@@](C)(O)[C@@H]2CC[C@H]2CN2C[C@@]3(CCCc4cc(Cl)ccc43)COc3ccc(cc32)C(=O)NS1(=O)=O.C[C@@H]1[C@@H](C)C[C@H](N(C)C)C[C@@](C)(O)[C@@H]2CC[C@H]2CN2C[C@@]3(CCCc4cc(Cl)ccc43)COc3ccc(cc32)C(=O)NS1(=O)=O.C[C@@H]1[C@@H](C)C[C@H](N(C)C)C[C@](C)(O)[C@@H]2CC[C@H]2CN2C[C@@]3(CCCc4cc(Cl)ccc43)COc3ccc(cc32)C(=O)NS1(=O)=O. The van der Waals surface area contributed by atoms with Crippen LogP contribution in [0.25, 0.3) is 0 Å². The molecule has 3 fully saturated rings. The molecule has 6 aromatic rings. The maximum Gasteiger partial charge on any atom is 0.264 e. The van der Waals surface area contributed by atoms with Crippen molar-refractivity contribution < 1.29 is 69.2 Å². The topological polar surface area (TPSA) is 298 Å². The number of carbonyl (C=O) groups is 3. The number of nitrogens with zero attached hydrogens (tertiary/aromatic N) is 6. The first kappa shape index (κ1) is 101. The Hall–Kier alpha value is -6.99. The number of aryl methyl sites for hydroxylation is 3. The summed E-state index contributed by atoms with van der Waals surface area (Å²) in [6.07, 6.45) is 18.2. The van der Waals surface area contributed by atoms with E-state index in [2.05, 4.69) is 80.0 Å². The van der Waals surface area contributed by atoms with Gasteiger partial charge in [0.25, 0.3) is 17.7 Å². The lowest BCUT2D eigenvalue weighted by Crippen LogP contribution is -2.54. The second-order valence-corrected chi connectivity index (χ2v) is 51.8. The van der Waals surface area contributed by atoms with Crippen molar-refractivity contribution in [1.82, 2.24) is 28.9 Å². The van der Waals surface area contributed by atoms with Crippen molar-refractivity contribution in [2.24, 2.45) is 53.3 Å². The number of aliphatic hydroxyl groups is 3. The number of hydrogen-bond acceptors (Lipinski definition) is 21. The highest BCUT2D eigenvalue weighted by molar-refractivity contribution is 7.91. The van der Waals surface area contributed by atoms with Crippen molar-refractivity contribution in [3.63, 3.8) is 0 Å². The zero-order chi connectivity index (χ0) is 96.9. The van der Waals surface area contributed by atoms with E-state index in [1.165, 1.54) is 33.4 Å². The Bertz CT molecular complexity index is 5240. The van der Waals surface area contributed by atoms with Crippen LogP contribution in [-0.4, -0.2) is 225 Å². The summed E-state index contributed by atoms with van der Waals surface area (Å²) in [5, 5.41) is 36.0. The zero-order valence-corrected chi connectivity index (χ0v) is 86.3. The van der Waals surface area contributed by atoms with Gasteiger partial charge in [-0.2, -0.15) is 0 Å². The first-order valence-electron chi connectivity index (χ1n) is 49.3. The van der Waals surface area contributed by atoms with Gasteiger partial charge in [0.1, 0.15) is 17.2 Å². The number of benzene rings is 6. The molecule has 0 saturated heterocycles. The van der Waals surface area contributed by atoms with Crippen molar-refractivity contribution in [2.45, 2.75) is 264 Å². The quantitative estimate of drug-likeness (QED) is 0.0959. The zero-order valence-electron chi connectivity index (χ0n) is 81.5. The molecule has 6 aromatic carbocycles. The van der Waals surface area contributed by atoms with E-state index < -0.39 is 80.3 Å². The Kier molecular flexibility index (Phi) is 29.3. The number of ether oxygens (including phenoxy) is 3. The summed E-state index contributed by atoms with van der Waals surface area (Å²) >= 11 is 19.3. The summed E-state index contributed by atoms with van der Waals surface area (Å²) in [5.41, 5.74) is 7.23. The molecule has 6 N–H and O–H groups in total. The third-order valence-corrected chi connectivity index (χ3v) is 41.0. The van der Waals surface area contributed by atoms with E-state index in [4.69, 9.17) is 49.0 Å². The number of sulfonamides is 3. The van der Waals surface area contributed by atoms with Gasteiger partial charge >= 0.3 is 0 Å². The summed E-state index contributed by atoms with van der Waals surface area (Å²) in [5.74, 6) is 0.589. The lowest BCUT2D eigenvalue weighted by molar-refractivity contribution is -0.0860. The second kappa shape index (κ2) is 39.1. The van der Waals surface area contributed by atoms with E-state index in [-0.39, 0.29) is 104 Å². The van der Waals surface area contributed by atoms with Gasteiger partial charge in [-0.05, 0) is 396 Å². The van der Waals surface area contributed by atoms with E-state index in [1.54, 1.807) is 75.4 Å². The molecule has 135 heavy (non-hydrogen) atoms. The van der Waals surface area contributed by atoms with Gasteiger partial charge in [-0.25, -0.2) is 39.4 Å². The minimum absolute atomic E-state index is 0.0164. The molecule has 3 amide bonds. The maximum absolute atomic E-state index is 13.5. The first-order chi connectivity index (χ1) is 63.6. The van der Waals surface area contributed by atoms with E-state index in [0.29, 0.717) is 115 Å². The van der Waals surface area contributed by atoms with Gasteiger partial charge in [0, 0.05) is 105 Å². The van der Waals surface area contributed by atoms with Crippen LogP contribution in [0.15, 0.2) is 109 Å². The molecule has 6 heterocycles. The minimum atomic E-state index is -3.96. The van der Waals surface area contributed by atoms with E-state index in [9.17, 15) is 55.0 Å². The molecule has 21 atom stereocenters. The third-order valence-electron chi connectivity index (χ3n) is 34.6. The number of anilines is 3. The molecule has 12 aliphatic rings. The van der Waals surface area contributed by atoms with Crippen LogP contribution in [0.4, 0.5) is 17.1 Å². The summed E-state index contributed by atoms with van der Waals surface area (Å²) in [6.45, 7) is 22.4. The maximum atomic E-state index is 13.5. The molecule has 6 aliphatic carbocycles. The average Bonchev–Trinajstić information content (AvgIpc) is 1.71. The molecular formula is C105H144Cl3N9O15S3. The third kappa shape index (κ3) is 20.9. The van der Waals surface area contributed by atoms with Crippen molar-refractivity contribution in [3.05, 3.63) is 174 Å². The van der Waals surface area contributed by atoms with E-state index in [1.807, 2.05) is 102 Å². The highest BCUT2D eigenvalue weighted by Crippen LogP contribution is 2.55. The highest BCUT2D eigenvalue weighted by Gasteiger charge is 2.54. The Balaban J connectivity index is 0.000000147. The number of amides is 3. The Morgan fingerprint density at radius 3 is 0.874 bits per heavy atom. The Morgan fingerprint density at radius 2 is 0.637 bits per heavy atom. The number of nitrogens with one attached hydrogen (secondary N) is 3. The van der Waals surface area contributed by atoms with Gasteiger partial charge in [-0.15, -0.1) is 0 Å². The van der Waals surface area contributed by atoms with Crippen LogP contribution in [0.5, 0.6) is 17.2 Å². The average molecular weight is 1970 g/mol. The van der Waals surface area contributed by atoms with Crippen LogP contribution in [0, 0.1) is 53.3 Å². The second-order valence-electron chi connectivity index (χ2n) is 44.4. The fourth-order valence-corrected chi connectivity index (χ4v) is 29.8. The number of rotatable bonds is 3. The largest absolute Gasteiger partial charge is 0.490 e. The highest BCUT2D eigenvalue weighted by atomic mass is 35.5. The first-order valence-corrected chi connectivity index (χ1v) is 55.1.